The molecule has 0 saturated carbocycles. The number of rotatable bonds is 12. The molecule has 0 aliphatic rings. The van der Waals surface area contributed by atoms with Gasteiger partial charge in [-0.2, -0.15) is 0 Å². The molecular formula is C20H41N. The molecule has 1 heteroatoms. The zero-order valence-corrected chi connectivity index (χ0v) is 16.0. The van der Waals surface area contributed by atoms with Gasteiger partial charge in [0.15, 0.2) is 0 Å². The molecule has 0 bridgehead atoms. The lowest BCUT2D eigenvalue weighted by atomic mass is 9.73. The number of unbranched alkanes of at least 4 members (excludes halogenated alkanes) is 2. The molecule has 0 aliphatic carbocycles. The minimum Gasteiger partial charge on any atom is -0.378 e. The zero-order chi connectivity index (χ0) is 16.3. The normalized spacial score (nSPS) is 13.3. The maximum Gasteiger partial charge on any atom is 0.0171 e. The summed E-state index contributed by atoms with van der Waals surface area (Å²) in [4.78, 5) is 2.55. The molecule has 0 unspecified atom stereocenters. The molecule has 0 N–H and O–H groups in total. The van der Waals surface area contributed by atoms with Crippen LogP contribution in [0, 0.1) is 5.41 Å². The van der Waals surface area contributed by atoms with Crippen molar-refractivity contribution in [1.82, 2.24) is 4.90 Å². The maximum absolute atomic E-state index is 2.55. The van der Waals surface area contributed by atoms with E-state index in [-0.39, 0.29) is 0 Å². The number of hydrogen-bond acceptors (Lipinski definition) is 1. The quantitative estimate of drug-likeness (QED) is 0.383. The van der Waals surface area contributed by atoms with E-state index in [1.807, 2.05) is 0 Å². The van der Waals surface area contributed by atoms with Gasteiger partial charge in [-0.3, -0.25) is 0 Å². The third kappa shape index (κ3) is 6.89. The number of nitrogens with zero attached hydrogens (tertiary/aromatic N) is 1. The van der Waals surface area contributed by atoms with E-state index >= 15 is 0 Å². The standard InChI is InChI=1S/C20H41N/c1-8-13-15-20(11-4,12-5)17-19(18(6)10-3)21(7)16-14-9-2/h8-17H2,1-7H3/b19-18+. The molecule has 0 aromatic heterocycles. The Morgan fingerprint density at radius 3 is 1.90 bits per heavy atom. The van der Waals surface area contributed by atoms with E-state index in [4.69, 9.17) is 0 Å². The average Bonchev–Trinajstić information content (AvgIpc) is 2.52. The lowest BCUT2D eigenvalue weighted by molar-refractivity contribution is 0.205. The van der Waals surface area contributed by atoms with E-state index in [1.54, 1.807) is 11.3 Å². The predicted molar refractivity (Wildman–Crippen MR) is 97.7 cm³/mol. The lowest BCUT2D eigenvalue weighted by Gasteiger charge is -2.37. The van der Waals surface area contributed by atoms with Gasteiger partial charge in [-0.15, -0.1) is 0 Å². The average molecular weight is 296 g/mol. The highest BCUT2D eigenvalue weighted by molar-refractivity contribution is 5.13. The summed E-state index contributed by atoms with van der Waals surface area (Å²) < 4.78 is 0. The molecule has 0 atom stereocenters. The Morgan fingerprint density at radius 2 is 1.48 bits per heavy atom. The topological polar surface area (TPSA) is 3.24 Å². The summed E-state index contributed by atoms with van der Waals surface area (Å²) in [5.41, 5.74) is 3.74. The van der Waals surface area contributed by atoms with Gasteiger partial charge in [-0.05, 0) is 38.0 Å². The molecule has 21 heavy (non-hydrogen) atoms. The second kappa shape index (κ2) is 11.2. The van der Waals surface area contributed by atoms with Crippen LogP contribution < -0.4 is 0 Å². The van der Waals surface area contributed by atoms with Crippen LogP contribution in [-0.4, -0.2) is 18.5 Å². The molecule has 0 heterocycles. The van der Waals surface area contributed by atoms with Crippen molar-refractivity contribution in [3.63, 3.8) is 0 Å². The van der Waals surface area contributed by atoms with Crippen molar-refractivity contribution in [2.45, 2.75) is 99.3 Å². The summed E-state index contributed by atoms with van der Waals surface area (Å²) in [6.07, 6.45) is 11.7. The Labute approximate surface area is 135 Å². The predicted octanol–water partition coefficient (Wildman–Crippen LogP) is 6.79. The van der Waals surface area contributed by atoms with E-state index in [1.165, 1.54) is 64.3 Å². The first-order chi connectivity index (χ1) is 10.00. The molecule has 0 aromatic rings. The Balaban J connectivity index is 5.15. The van der Waals surface area contributed by atoms with Crippen LogP contribution in [0.3, 0.4) is 0 Å². The van der Waals surface area contributed by atoms with E-state index in [2.05, 4.69) is 53.5 Å². The largest absolute Gasteiger partial charge is 0.378 e. The number of allylic oxidation sites excluding steroid dienone is 2. The van der Waals surface area contributed by atoms with Gasteiger partial charge in [-0.25, -0.2) is 0 Å². The molecular weight excluding hydrogens is 254 g/mol. The highest BCUT2D eigenvalue weighted by atomic mass is 15.1. The SMILES string of the molecule is CCCCN(C)/C(CC(CC)(CC)CCCC)=C(\C)CC. The Bertz CT molecular complexity index is 286. The molecule has 126 valence electrons. The molecule has 0 amide bonds. The summed E-state index contributed by atoms with van der Waals surface area (Å²) in [7, 11) is 2.31. The minimum atomic E-state index is 0.516. The first-order valence-electron chi connectivity index (χ1n) is 9.39. The van der Waals surface area contributed by atoms with Crippen LogP contribution in [0.4, 0.5) is 0 Å². The van der Waals surface area contributed by atoms with Gasteiger partial charge in [-0.1, -0.05) is 72.3 Å². The third-order valence-corrected chi connectivity index (χ3v) is 5.43. The highest BCUT2D eigenvalue weighted by Gasteiger charge is 2.28. The van der Waals surface area contributed by atoms with Crippen LogP contribution in [0.5, 0.6) is 0 Å². The van der Waals surface area contributed by atoms with Crippen molar-refractivity contribution < 1.29 is 0 Å². The fourth-order valence-electron chi connectivity index (χ4n) is 3.19. The van der Waals surface area contributed by atoms with Gasteiger partial charge >= 0.3 is 0 Å². The van der Waals surface area contributed by atoms with Crippen LogP contribution in [0.15, 0.2) is 11.3 Å². The van der Waals surface area contributed by atoms with Crippen molar-refractivity contribution in [1.29, 1.82) is 0 Å². The molecule has 0 saturated heterocycles. The molecule has 1 nitrogen and oxygen atoms in total. The summed E-state index contributed by atoms with van der Waals surface area (Å²) in [5, 5.41) is 0. The van der Waals surface area contributed by atoms with Gasteiger partial charge in [0.05, 0.1) is 0 Å². The van der Waals surface area contributed by atoms with E-state index in [9.17, 15) is 0 Å². The van der Waals surface area contributed by atoms with Gasteiger partial charge < -0.3 is 4.90 Å². The third-order valence-electron chi connectivity index (χ3n) is 5.43. The summed E-state index contributed by atoms with van der Waals surface area (Å²) in [5.74, 6) is 0. The maximum atomic E-state index is 2.55. The monoisotopic (exact) mass is 295 g/mol. The smallest absolute Gasteiger partial charge is 0.0171 e. The summed E-state index contributed by atoms with van der Waals surface area (Å²) in [6.45, 7) is 15.2. The lowest BCUT2D eigenvalue weighted by Crippen LogP contribution is -2.28. The van der Waals surface area contributed by atoms with Gasteiger partial charge in [0, 0.05) is 19.3 Å². The van der Waals surface area contributed by atoms with Crippen LogP contribution >= 0.6 is 0 Å². The highest BCUT2D eigenvalue weighted by Crippen LogP contribution is 2.40. The first kappa shape index (κ1) is 20.5. The molecule has 0 aromatic carbocycles. The van der Waals surface area contributed by atoms with Crippen LogP contribution in [-0.2, 0) is 0 Å². The second-order valence-corrected chi connectivity index (χ2v) is 6.84. The van der Waals surface area contributed by atoms with Crippen molar-refractivity contribution in [2.24, 2.45) is 5.41 Å². The van der Waals surface area contributed by atoms with E-state index in [0.29, 0.717) is 5.41 Å². The molecule has 0 radical (unpaired) electrons. The van der Waals surface area contributed by atoms with Gasteiger partial charge in [0.1, 0.15) is 0 Å². The van der Waals surface area contributed by atoms with Gasteiger partial charge in [0.2, 0.25) is 0 Å². The van der Waals surface area contributed by atoms with Gasteiger partial charge in [0.25, 0.3) is 0 Å². The van der Waals surface area contributed by atoms with E-state index < -0.39 is 0 Å². The second-order valence-electron chi connectivity index (χ2n) is 6.84. The fraction of sp³-hybridized carbons (Fsp3) is 0.900. The summed E-state index contributed by atoms with van der Waals surface area (Å²) in [6, 6.07) is 0. The molecule has 0 fully saturated rings. The van der Waals surface area contributed by atoms with Crippen molar-refractivity contribution >= 4 is 0 Å². The fourth-order valence-corrected chi connectivity index (χ4v) is 3.19. The Kier molecular flexibility index (Phi) is 10.9. The van der Waals surface area contributed by atoms with E-state index in [0.717, 1.165) is 0 Å². The van der Waals surface area contributed by atoms with Crippen molar-refractivity contribution in [3.8, 4) is 0 Å². The molecule has 0 aliphatic heterocycles. The van der Waals surface area contributed by atoms with Crippen molar-refractivity contribution in [3.05, 3.63) is 11.3 Å². The zero-order valence-electron chi connectivity index (χ0n) is 16.0. The Hall–Kier alpha value is -0.460. The van der Waals surface area contributed by atoms with Crippen LogP contribution in [0.2, 0.25) is 0 Å². The number of hydrogen-bond donors (Lipinski definition) is 0. The van der Waals surface area contributed by atoms with Crippen molar-refractivity contribution in [2.75, 3.05) is 13.6 Å². The first-order valence-corrected chi connectivity index (χ1v) is 9.39. The Morgan fingerprint density at radius 1 is 0.905 bits per heavy atom. The molecule has 0 rings (SSSR count). The molecule has 0 spiro atoms. The minimum absolute atomic E-state index is 0.516. The van der Waals surface area contributed by atoms with Crippen LogP contribution in [0.25, 0.3) is 0 Å². The summed E-state index contributed by atoms with van der Waals surface area (Å²) >= 11 is 0. The van der Waals surface area contributed by atoms with Crippen LogP contribution in [0.1, 0.15) is 99.3 Å².